The molecule has 0 spiro atoms. The topological polar surface area (TPSA) is 37.3 Å². The van der Waals surface area contributed by atoms with E-state index < -0.39 is 0 Å². The van der Waals surface area contributed by atoms with Crippen LogP contribution in [0.4, 0.5) is 0 Å². The molecule has 0 fully saturated rings. The Morgan fingerprint density at radius 1 is 1.36 bits per heavy atom. The summed E-state index contributed by atoms with van der Waals surface area (Å²) in [4.78, 5) is 11.1. The molecular formula is C10H10BrClO2. The van der Waals surface area contributed by atoms with Gasteiger partial charge < -0.3 is 5.11 Å². The molecule has 76 valence electrons. The van der Waals surface area contributed by atoms with E-state index in [1.807, 2.05) is 0 Å². The zero-order valence-electron chi connectivity index (χ0n) is 7.46. The number of rotatable bonds is 4. The molecule has 0 bridgehead atoms. The van der Waals surface area contributed by atoms with Gasteiger partial charge in [-0.25, -0.2) is 0 Å². The maximum Gasteiger partial charge on any atom is 0.147 e. The predicted octanol–water partition coefficient (Wildman–Crippen LogP) is 2.34. The molecule has 0 unspecified atom stereocenters. The lowest BCUT2D eigenvalue weighted by molar-refractivity contribution is -0.115. The number of alkyl halides is 1. The first-order valence-corrected chi connectivity index (χ1v) is 5.62. The highest BCUT2D eigenvalue weighted by Crippen LogP contribution is 2.16. The maximum atomic E-state index is 11.1. The van der Waals surface area contributed by atoms with Gasteiger partial charge in [0.2, 0.25) is 0 Å². The molecule has 0 aliphatic rings. The van der Waals surface area contributed by atoms with Crippen LogP contribution in [0.2, 0.25) is 5.02 Å². The van der Waals surface area contributed by atoms with Crippen molar-refractivity contribution in [2.24, 2.45) is 0 Å². The summed E-state index contributed by atoms with van der Waals surface area (Å²) in [5.74, 6) is 0.0937. The van der Waals surface area contributed by atoms with Crippen LogP contribution in [-0.2, 0) is 17.8 Å². The first-order chi connectivity index (χ1) is 6.65. The molecule has 1 aromatic carbocycles. The number of carbonyl (C=O) groups excluding carboxylic acids is 1. The molecule has 0 atom stereocenters. The zero-order chi connectivity index (χ0) is 10.6. The number of halogens is 2. The molecule has 4 heteroatoms. The molecule has 0 amide bonds. The molecular weight excluding hydrogens is 267 g/mol. The van der Waals surface area contributed by atoms with Gasteiger partial charge in [-0.2, -0.15) is 0 Å². The fraction of sp³-hybridized carbons (Fsp3) is 0.300. The Morgan fingerprint density at radius 3 is 2.57 bits per heavy atom. The lowest BCUT2D eigenvalue weighted by Gasteiger charge is -2.03. The van der Waals surface area contributed by atoms with E-state index in [2.05, 4.69) is 15.9 Å². The first-order valence-electron chi connectivity index (χ1n) is 4.12. The SMILES string of the molecule is O=C(CBr)Cc1cc(Cl)cc(CO)c1. The van der Waals surface area contributed by atoms with Crippen LogP contribution < -0.4 is 0 Å². The molecule has 2 nitrogen and oxygen atoms in total. The van der Waals surface area contributed by atoms with Crippen molar-refractivity contribution in [2.45, 2.75) is 13.0 Å². The van der Waals surface area contributed by atoms with Crippen molar-refractivity contribution in [1.82, 2.24) is 0 Å². The van der Waals surface area contributed by atoms with E-state index in [4.69, 9.17) is 16.7 Å². The quantitative estimate of drug-likeness (QED) is 0.858. The third-order valence-electron chi connectivity index (χ3n) is 1.75. The smallest absolute Gasteiger partial charge is 0.147 e. The molecule has 1 aromatic rings. The van der Waals surface area contributed by atoms with E-state index in [1.54, 1.807) is 18.2 Å². The number of aliphatic hydroxyl groups is 1. The molecule has 0 aliphatic heterocycles. The van der Waals surface area contributed by atoms with Gasteiger partial charge in [-0.15, -0.1) is 0 Å². The number of Topliss-reactive ketones (excluding diaryl/α,β-unsaturated/α-hetero) is 1. The van der Waals surface area contributed by atoms with Gasteiger partial charge in [-0.05, 0) is 23.3 Å². The Bertz CT molecular complexity index is 339. The summed E-state index contributed by atoms with van der Waals surface area (Å²) in [5.41, 5.74) is 1.57. The average molecular weight is 278 g/mol. The summed E-state index contributed by atoms with van der Waals surface area (Å²) in [6.07, 6.45) is 0.346. The van der Waals surface area contributed by atoms with Crippen LogP contribution in [0.3, 0.4) is 0 Å². The number of ketones is 1. The van der Waals surface area contributed by atoms with E-state index in [-0.39, 0.29) is 12.4 Å². The molecule has 1 N–H and O–H groups in total. The Morgan fingerprint density at radius 2 is 2.00 bits per heavy atom. The number of hydrogen-bond donors (Lipinski definition) is 1. The number of aliphatic hydroxyl groups excluding tert-OH is 1. The lowest BCUT2D eigenvalue weighted by Crippen LogP contribution is -2.03. The Hall–Kier alpha value is -0.380. The van der Waals surface area contributed by atoms with E-state index in [0.717, 1.165) is 11.1 Å². The summed E-state index contributed by atoms with van der Waals surface area (Å²) in [6, 6.07) is 5.21. The van der Waals surface area contributed by atoms with Crippen molar-refractivity contribution in [1.29, 1.82) is 0 Å². The van der Waals surface area contributed by atoms with Crippen LogP contribution in [0, 0.1) is 0 Å². The predicted molar refractivity (Wildman–Crippen MR) is 59.9 cm³/mol. The molecule has 0 aromatic heterocycles. The molecule has 1 rings (SSSR count). The van der Waals surface area contributed by atoms with Crippen LogP contribution in [0.5, 0.6) is 0 Å². The molecule has 0 saturated carbocycles. The van der Waals surface area contributed by atoms with Crippen molar-refractivity contribution >= 4 is 33.3 Å². The summed E-state index contributed by atoms with van der Waals surface area (Å²) < 4.78 is 0. The molecule has 0 heterocycles. The van der Waals surface area contributed by atoms with Crippen molar-refractivity contribution in [3.8, 4) is 0 Å². The number of carbonyl (C=O) groups is 1. The molecule has 14 heavy (non-hydrogen) atoms. The summed E-state index contributed by atoms with van der Waals surface area (Å²) in [7, 11) is 0. The second-order valence-corrected chi connectivity index (χ2v) is 3.97. The Kier molecular flexibility index (Phi) is 4.58. The van der Waals surface area contributed by atoms with Crippen molar-refractivity contribution < 1.29 is 9.90 Å². The minimum absolute atomic E-state index is 0.0595. The highest BCUT2D eigenvalue weighted by Gasteiger charge is 2.04. The third-order valence-corrected chi connectivity index (χ3v) is 2.59. The second kappa shape index (κ2) is 5.49. The van der Waals surface area contributed by atoms with Crippen molar-refractivity contribution in [3.05, 3.63) is 34.3 Å². The van der Waals surface area contributed by atoms with Gasteiger partial charge in [0, 0.05) is 11.4 Å². The number of benzene rings is 1. The number of hydrogen-bond acceptors (Lipinski definition) is 2. The van der Waals surface area contributed by atoms with Crippen LogP contribution in [0.1, 0.15) is 11.1 Å². The normalized spacial score (nSPS) is 10.2. The molecule has 0 aliphatic carbocycles. The largest absolute Gasteiger partial charge is 0.392 e. The van der Waals surface area contributed by atoms with Gasteiger partial charge in [0.25, 0.3) is 0 Å². The Labute approximate surface area is 96.0 Å². The first kappa shape index (κ1) is 11.7. The van der Waals surface area contributed by atoms with Gasteiger partial charge in [-0.3, -0.25) is 4.79 Å². The van der Waals surface area contributed by atoms with Gasteiger partial charge >= 0.3 is 0 Å². The third kappa shape index (κ3) is 3.40. The molecule has 0 saturated heterocycles. The molecule has 0 radical (unpaired) electrons. The van der Waals surface area contributed by atoms with Crippen LogP contribution in [0.15, 0.2) is 18.2 Å². The highest BCUT2D eigenvalue weighted by molar-refractivity contribution is 9.09. The monoisotopic (exact) mass is 276 g/mol. The van der Waals surface area contributed by atoms with E-state index in [0.29, 0.717) is 16.8 Å². The summed E-state index contributed by atoms with van der Waals surface area (Å²) in [5, 5.41) is 9.82. The second-order valence-electron chi connectivity index (χ2n) is 2.97. The maximum absolute atomic E-state index is 11.1. The standard InChI is InChI=1S/C10H10BrClO2/c11-5-10(14)4-7-1-8(6-13)3-9(12)2-7/h1-3,13H,4-6H2. The van der Waals surface area contributed by atoms with Crippen molar-refractivity contribution in [2.75, 3.05) is 5.33 Å². The van der Waals surface area contributed by atoms with Gasteiger partial charge in [-0.1, -0.05) is 33.6 Å². The van der Waals surface area contributed by atoms with E-state index >= 15 is 0 Å². The van der Waals surface area contributed by atoms with E-state index in [9.17, 15) is 4.79 Å². The zero-order valence-corrected chi connectivity index (χ0v) is 9.81. The van der Waals surface area contributed by atoms with Crippen LogP contribution in [-0.4, -0.2) is 16.2 Å². The van der Waals surface area contributed by atoms with Crippen molar-refractivity contribution in [3.63, 3.8) is 0 Å². The van der Waals surface area contributed by atoms with Gasteiger partial charge in [0.05, 0.1) is 11.9 Å². The Balaban J connectivity index is 2.86. The fourth-order valence-corrected chi connectivity index (χ4v) is 1.66. The van der Waals surface area contributed by atoms with Crippen LogP contribution in [0.25, 0.3) is 0 Å². The fourth-order valence-electron chi connectivity index (χ4n) is 1.19. The highest BCUT2D eigenvalue weighted by atomic mass is 79.9. The van der Waals surface area contributed by atoms with E-state index in [1.165, 1.54) is 0 Å². The average Bonchev–Trinajstić information content (AvgIpc) is 2.16. The van der Waals surface area contributed by atoms with Crippen LogP contribution >= 0.6 is 27.5 Å². The summed E-state index contributed by atoms with van der Waals surface area (Å²) in [6.45, 7) is -0.0595. The van der Waals surface area contributed by atoms with Gasteiger partial charge in [0.1, 0.15) is 5.78 Å². The van der Waals surface area contributed by atoms with Gasteiger partial charge in [0.15, 0.2) is 0 Å². The minimum Gasteiger partial charge on any atom is -0.392 e. The summed E-state index contributed by atoms with van der Waals surface area (Å²) >= 11 is 8.92. The minimum atomic E-state index is -0.0595. The lowest BCUT2D eigenvalue weighted by atomic mass is 10.1.